The number of carbonyl (C=O) groups is 6. The first kappa shape index (κ1) is 35.8. The number of fused-ring (bicyclic) bond motifs is 4. The van der Waals surface area contributed by atoms with Crippen LogP contribution in [-0.2, 0) is 35.4 Å². The van der Waals surface area contributed by atoms with E-state index in [4.69, 9.17) is 14.9 Å². The molecule has 2 aliphatic heterocycles. The molecule has 1 saturated carbocycles. The normalized spacial score (nSPS) is 25.4. The quantitative estimate of drug-likeness (QED) is 0.124. The Morgan fingerprint density at radius 1 is 0.706 bits per heavy atom. The van der Waals surface area contributed by atoms with Crippen LogP contribution >= 0.6 is 0 Å². The van der Waals surface area contributed by atoms with E-state index < -0.39 is 47.4 Å². The van der Waals surface area contributed by atoms with Gasteiger partial charge >= 0.3 is 11.9 Å². The van der Waals surface area contributed by atoms with Gasteiger partial charge in [0.2, 0.25) is 23.6 Å². The Bertz CT molecular complexity index is 1720. The maximum absolute atomic E-state index is 14.1. The van der Waals surface area contributed by atoms with E-state index >= 15 is 0 Å². The van der Waals surface area contributed by atoms with E-state index in [0.717, 1.165) is 11.1 Å². The summed E-state index contributed by atoms with van der Waals surface area (Å²) in [6.45, 7) is 0.628. The molecule has 0 radical (unpaired) electrons. The maximum Gasteiger partial charge on any atom is 0.303 e. The zero-order chi connectivity index (χ0) is 36.2. The number of nitrogens with zero attached hydrogens (tertiary/aromatic N) is 2. The molecule has 4 amide bonds. The van der Waals surface area contributed by atoms with Gasteiger partial charge < -0.3 is 20.1 Å². The van der Waals surface area contributed by atoms with Crippen LogP contribution in [0.4, 0.5) is 0 Å². The highest BCUT2D eigenvalue weighted by Crippen LogP contribution is 2.59. The van der Waals surface area contributed by atoms with Crippen molar-refractivity contribution in [2.45, 2.75) is 76.7 Å². The summed E-state index contributed by atoms with van der Waals surface area (Å²) in [5, 5.41) is 29.4. The van der Waals surface area contributed by atoms with Crippen LogP contribution in [0.25, 0.3) is 0 Å². The molecule has 0 spiro atoms. The second kappa shape index (κ2) is 15.5. The molecule has 2 saturated heterocycles. The molecule has 0 aromatic heterocycles. The second-order valence-electron chi connectivity index (χ2n) is 14.1. The predicted octanol–water partition coefficient (Wildman–Crippen LogP) is 4.90. The van der Waals surface area contributed by atoms with Gasteiger partial charge in [0.15, 0.2) is 0 Å². The third-order valence-electron chi connectivity index (χ3n) is 11.0. The Hall–Kier alpha value is -5.00. The van der Waals surface area contributed by atoms with Crippen LogP contribution in [0, 0.1) is 29.6 Å². The number of unbranched alkanes of at least 4 members (excludes halogenated alkanes) is 4. The smallest absolute Gasteiger partial charge is 0.303 e. The minimum absolute atomic E-state index is 0.00401. The largest absolute Gasteiger partial charge is 0.508 e. The second-order valence-corrected chi connectivity index (χ2v) is 14.1. The Balaban J connectivity index is 1.27. The average Bonchev–Trinajstić information content (AvgIpc) is 3.49. The number of carboxylic acids is 2. The number of allylic oxidation sites excluding steroid dienone is 2. The van der Waals surface area contributed by atoms with Crippen molar-refractivity contribution < 1.29 is 48.8 Å². The molecule has 3 fully saturated rings. The molecule has 4 aliphatic rings. The van der Waals surface area contributed by atoms with E-state index in [1.165, 1.54) is 15.9 Å². The number of hydrogen-bond acceptors (Lipinski definition) is 8. The summed E-state index contributed by atoms with van der Waals surface area (Å²) in [6, 6.07) is 14.5. The lowest BCUT2D eigenvalue weighted by Gasteiger charge is -2.44. The fourth-order valence-corrected chi connectivity index (χ4v) is 8.57. The molecule has 6 atom stereocenters. The lowest BCUT2D eigenvalue weighted by atomic mass is 9.57. The van der Waals surface area contributed by atoms with Crippen molar-refractivity contribution >= 4 is 35.6 Å². The lowest BCUT2D eigenvalue weighted by molar-refractivity contribution is -0.142. The number of likely N-dealkylation sites (tertiary alicyclic amines) is 2. The molecule has 2 aromatic carbocycles. The number of benzene rings is 2. The van der Waals surface area contributed by atoms with E-state index in [1.807, 2.05) is 36.4 Å². The summed E-state index contributed by atoms with van der Waals surface area (Å²) in [6.07, 6.45) is 5.38. The summed E-state index contributed by atoms with van der Waals surface area (Å²) in [5.74, 6) is -6.82. The SMILES string of the molecule is O=C(O)CCCCCN1C(=O)[C@H]2[C@H](CC=C3[C@H]2C[C@H]2C(=O)N(CCCCCC(=O)O)C(=O)[C@H]2[C@H]3c2ccc(OCc3ccccc3)cc2O)C1=O. The number of phenolic OH excluding ortho intramolecular Hbond substituents is 1. The van der Waals surface area contributed by atoms with Gasteiger partial charge in [-0.3, -0.25) is 38.6 Å². The van der Waals surface area contributed by atoms with Crippen molar-refractivity contribution in [3.63, 3.8) is 0 Å². The Kier molecular flexibility index (Phi) is 10.9. The Labute approximate surface area is 296 Å². The van der Waals surface area contributed by atoms with Crippen molar-refractivity contribution in [3.8, 4) is 11.5 Å². The van der Waals surface area contributed by atoms with Crippen LogP contribution < -0.4 is 4.74 Å². The van der Waals surface area contributed by atoms with Crippen LogP contribution in [0.5, 0.6) is 11.5 Å². The van der Waals surface area contributed by atoms with Crippen LogP contribution in [0.3, 0.4) is 0 Å². The molecule has 51 heavy (non-hydrogen) atoms. The third kappa shape index (κ3) is 7.41. The molecule has 270 valence electrons. The highest BCUT2D eigenvalue weighted by Gasteiger charge is 2.62. The van der Waals surface area contributed by atoms with E-state index in [1.54, 1.807) is 12.1 Å². The number of phenols is 1. The van der Waals surface area contributed by atoms with Crippen LogP contribution in [0.15, 0.2) is 60.2 Å². The summed E-state index contributed by atoms with van der Waals surface area (Å²) in [4.78, 5) is 80.1. The van der Waals surface area contributed by atoms with Gasteiger partial charge in [-0.2, -0.15) is 0 Å². The summed E-state index contributed by atoms with van der Waals surface area (Å²) in [5.41, 5.74) is 2.17. The topological polar surface area (TPSA) is 179 Å². The standard InChI is InChI=1S/C39H44N2O10/c42-30-20-24(51-22-23-10-4-1-5-11-23)14-15-26(30)33-25-16-17-27-34(38(49)40(36(27)47)18-8-2-6-12-31(43)44)28(25)21-29-35(33)39(50)41(37(29)48)19-9-3-7-13-32(45)46/h1,4-5,10-11,14-16,20,27-29,33-35,42H,2-3,6-9,12-13,17-19,21-22H2,(H,43,44)(H,45,46)/t27-,28+,29+,33+,34-,35+/m0/s1. The van der Waals surface area contributed by atoms with Crippen molar-refractivity contribution in [2.24, 2.45) is 29.6 Å². The van der Waals surface area contributed by atoms with Gasteiger partial charge in [0.05, 0.1) is 23.7 Å². The maximum atomic E-state index is 14.1. The minimum Gasteiger partial charge on any atom is -0.508 e. The monoisotopic (exact) mass is 700 g/mol. The van der Waals surface area contributed by atoms with Crippen molar-refractivity contribution in [3.05, 3.63) is 71.3 Å². The summed E-state index contributed by atoms with van der Waals surface area (Å²) in [7, 11) is 0. The summed E-state index contributed by atoms with van der Waals surface area (Å²) < 4.78 is 5.94. The zero-order valence-corrected chi connectivity index (χ0v) is 28.4. The average molecular weight is 701 g/mol. The fourth-order valence-electron chi connectivity index (χ4n) is 8.57. The number of carbonyl (C=O) groups excluding carboxylic acids is 4. The third-order valence-corrected chi connectivity index (χ3v) is 11.0. The molecular formula is C39H44N2O10. The molecule has 2 aliphatic carbocycles. The zero-order valence-electron chi connectivity index (χ0n) is 28.4. The molecule has 12 nitrogen and oxygen atoms in total. The van der Waals surface area contributed by atoms with Crippen molar-refractivity contribution in [1.82, 2.24) is 9.80 Å². The first-order chi connectivity index (χ1) is 24.6. The number of imide groups is 2. The molecule has 0 bridgehead atoms. The lowest BCUT2D eigenvalue weighted by Crippen LogP contribution is -2.43. The number of amides is 4. The highest BCUT2D eigenvalue weighted by molar-refractivity contribution is 6.08. The highest BCUT2D eigenvalue weighted by atomic mass is 16.5. The van der Waals surface area contributed by atoms with Crippen molar-refractivity contribution in [2.75, 3.05) is 13.1 Å². The minimum atomic E-state index is -0.903. The van der Waals surface area contributed by atoms with Crippen LogP contribution in [0.1, 0.15) is 81.3 Å². The predicted molar refractivity (Wildman–Crippen MR) is 182 cm³/mol. The Morgan fingerprint density at radius 2 is 1.31 bits per heavy atom. The van der Waals surface area contributed by atoms with Crippen LogP contribution in [-0.4, -0.2) is 73.8 Å². The number of aromatic hydroxyl groups is 1. The molecule has 12 heteroatoms. The molecule has 2 aromatic rings. The molecule has 6 rings (SSSR count). The summed E-state index contributed by atoms with van der Waals surface area (Å²) >= 11 is 0. The number of ether oxygens (including phenoxy) is 1. The van der Waals surface area contributed by atoms with Gasteiger partial charge in [-0.25, -0.2) is 0 Å². The van der Waals surface area contributed by atoms with Gasteiger partial charge in [-0.05, 0) is 56.1 Å². The number of aliphatic carboxylic acids is 2. The van der Waals surface area contributed by atoms with Gasteiger partial charge in [0.25, 0.3) is 0 Å². The van der Waals surface area contributed by atoms with Gasteiger partial charge in [0.1, 0.15) is 18.1 Å². The number of rotatable bonds is 16. The fraction of sp³-hybridized carbons (Fsp3) is 0.487. The number of hydrogen-bond donors (Lipinski definition) is 3. The number of carboxylic acid groups (broad SMARTS) is 2. The van der Waals surface area contributed by atoms with E-state index in [9.17, 15) is 33.9 Å². The van der Waals surface area contributed by atoms with E-state index in [2.05, 4.69) is 0 Å². The molecule has 2 heterocycles. The van der Waals surface area contributed by atoms with Crippen molar-refractivity contribution in [1.29, 1.82) is 0 Å². The van der Waals surface area contributed by atoms with Gasteiger partial charge in [0, 0.05) is 43.5 Å². The van der Waals surface area contributed by atoms with Gasteiger partial charge in [-0.1, -0.05) is 60.9 Å². The van der Waals surface area contributed by atoms with E-state index in [-0.39, 0.29) is 68.3 Å². The first-order valence-electron chi connectivity index (χ1n) is 17.9. The van der Waals surface area contributed by atoms with Crippen LogP contribution in [0.2, 0.25) is 0 Å². The van der Waals surface area contributed by atoms with Gasteiger partial charge in [-0.15, -0.1) is 0 Å². The molecular weight excluding hydrogens is 656 g/mol. The van der Waals surface area contributed by atoms with E-state index in [0.29, 0.717) is 56.3 Å². The Morgan fingerprint density at radius 3 is 1.92 bits per heavy atom. The first-order valence-corrected chi connectivity index (χ1v) is 17.9. The molecule has 3 N–H and O–H groups in total. The molecule has 0 unspecified atom stereocenters.